The van der Waals surface area contributed by atoms with Gasteiger partial charge in [-0.25, -0.2) is 4.68 Å². The van der Waals surface area contributed by atoms with Gasteiger partial charge in [0.2, 0.25) is 0 Å². The fourth-order valence-electron chi connectivity index (χ4n) is 1.40. The van der Waals surface area contributed by atoms with Crippen LogP contribution in [0.2, 0.25) is 0 Å². The molecule has 1 rings (SSSR count). The van der Waals surface area contributed by atoms with Crippen LogP contribution in [0.3, 0.4) is 0 Å². The lowest BCUT2D eigenvalue weighted by Crippen LogP contribution is -2.22. The van der Waals surface area contributed by atoms with E-state index in [1.165, 1.54) is 7.11 Å². The highest BCUT2D eigenvalue weighted by Gasteiger charge is 2.31. The standard InChI is InChI=1S/C9H11F3N4O/c1-6(17-2)8-7(3-4-13)14-15-16(8)5-9(10,11)12/h6H,3,5H2,1-2H3. The molecule has 17 heavy (non-hydrogen) atoms. The summed E-state index contributed by atoms with van der Waals surface area (Å²) in [4.78, 5) is 0. The summed E-state index contributed by atoms with van der Waals surface area (Å²) in [5.41, 5.74) is 0.400. The fourth-order valence-corrected chi connectivity index (χ4v) is 1.40. The number of aromatic nitrogens is 3. The SMILES string of the molecule is COC(C)c1c(CC#N)nnn1CC(F)(F)F. The first-order valence-corrected chi connectivity index (χ1v) is 4.77. The van der Waals surface area contributed by atoms with E-state index in [4.69, 9.17) is 10.00 Å². The molecule has 0 fully saturated rings. The molecule has 1 aromatic heterocycles. The van der Waals surface area contributed by atoms with Crippen molar-refractivity contribution < 1.29 is 17.9 Å². The molecule has 94 valence electrons. The number of nitrogens with zero attached hydrogens (tertiary/aromatic N) is 4. The van der Waals surface area contributed by atoms with E-state index < -0.39 is 18.8 Å². The van der Waals surface area contributed by atoms with E-state index in [1.807, 2.05) is 6.07 Å². The zero-order chi connectivity index (χ0) is 13.1. The molecule has 0 radical (unpaired) electrons. The normalized spacial score (nSPS) is 13.4. The molecule has 0 bridgehead atoms. The molecule has 0 aromatic carbocycles. The molecule has 1 atom stereocenters. The van der Waals surface area contributed by atoms with E-state index in [0.29, 0.717) is 0 Å². The largest absolute Gasteiger partial charge is 0.408 e. The molecular formula is C9H11F3N4O. The molecule has 0 saturated carbocycles. The summed E-state index contributed by atoms with van der Waals surface area (Å²) in [6.07, 6.45) is -5.09. The molecule has 5 nitrogen and oxygen atoms in total. The quantitative estimate of drug-likeness (QED) is 0.812. The molecule has 0 spiro atoms. The lowest BCUT2D eigenvalue weighted by atomic mass is 10.2. The van der Waals surface area contributed by atoms with Crippen molar-refractivity contribution in [2.75, 3.05) is 7.11 Å². The van der Waals surface area contributed by atoms with Gasteiger partial charge in [-0.1, -0.05) is 5.21 Å². The number of rotatable bonds is 4. The Balaban J connectivity index is 3.09. The van der Waals surface area contributed by atoms with Crippen LogP contribution in [-0.2, 0) is 17.7 Å². The van der Waals surface area contributed by atoms with Gasteiger partial charge in [-0.2, -0.15) is 18.4 Å². The molecule has 1 unspecified atom stereocenters. The predicted octanol–water partition coefficient (Wildman–Crippen LogP) is 1.61. The van der Waals surface area contributed by atoms with E-state index in [-0.39, 0.29) is 17.8 Å². The monoisotopic (exact) mass is 248 g/mol. The first-order valence-electron chi connectivity index (χ1n) is 4.77. The predicted molar refractivity (Wildman–Crippen MR) is 50.8 cm³/mol. The molecule has 0 aliphatic heterocycles. The van der Waals surface area contributed by atoms with Crippen LogP contribution in [-0.4, -0.2) is 28.3 Å². The molecule has 0 N–H and O–H groups in total. The third-order valence-corrected chi connectivity index (χ3v) is 2.16. The minimum atomic E-state index is -4.39. The topological polar surface area (TPSA) is 63.7 Å². The number of alkyl halides is 3. The first kappa shape index (κ1) is 13.4. The number of hydrogen-bond acceptors (Lipinski definition) is 4. The van der Waals surface area contributed by atoms with Gasteiger partial charge in [0.1, 0.15) is 12.2 Å². The van der Waals surface area contributed by atoms with Gasteiger partial charge in [-0.15, -0.1) is 5.10 Å². The number of hydrogen-bond donors (Lipinski definition) is 0. The summed E-state index contributed by atoms with van der Waals surface area (Å²) in [6.45, 7) is 0.334. The van der Waals surface area contributed by atoms with Crippen LogP contribution in [0.15, 0.2) is 0 Å². The Hall–Kier alpha value is -1.62. The lowest BCUT2D eigenvalue weighted by Gasteiger charge is -2.14. The number of methoxy groups -OCH3 is 1. The average molecular weight is 248 g/mol. The Bertz CT molecular complexity index is 421. The molecular weight excluding hydrogens is 237 g/mol. The van der Waals surface area contributed by atoms with Crippen LogP contribution in [0.25, 0.3) is 0 Å². The van der Waals surface area contributed by atoms with Crippen molar-refractivity contribution >= 4 is 0 Å². The Morgan fingerprint density at radius 3 is 2.65 bits per heavy atom. The van der Waals surface area contributed by atoms with Gasteiger partial charge in [0.15, 0.2) is 0 Å². The third kappa shape index (κ3) is 3.42. The second-order valence-corrected chi connectivity index (χ2v) is 3.41. The van der Waals surface area contributed by atoms with Crippen LogP contribution < -0.4 is 0 Å². The highest BCUT2D eigenvalue weighted by molar-refractivity contribution is 5.16. The highest BCUT2D eigenvalue weighted by Crippen LogP contribution is 2.23. The lowest BCUT2D eigenvalue weighted by molar-refractivity contribution is -0.143. The van der Waals surface area contributed by atoms with E-state index in [1.54, 1.807) is 6.92 Å². The van der Waals surface area contributed by atoms with Crippen LogP contribution >= 0.6 is 0 Å². The van der Waals surface area contributed by atoms with E-state index in [0.717, 1.165) is 4.68 Å². The van der Waals surface area contributed by atoms with Crippen molar-refractivity contribution in [2.24, 2.45) is 0 Å². The number of halogens is 3. The molecule has 0 amide bonds. The van der Waals surface area contributed by atoms with Crippen LogP contribution in [0.5, 0.6) is 0 Å². The molecule has 0 saturated heterocycles. The van der Waals surface area contributed by atoms with Crippen molar-refractivity contribution in [2.45, 2.75) is 32.2 Å². The van der Waals surface area contributed by atoms with E-state index in [9.17, 15) is 13.2 Å². The summed E-state index contributed by atoms with van der Waals surface area (Å²) in [5.74, 6) is 0. The Morgan fingerprint density at radius 1 is 1.53 bits per heavy atom. The average Bonchev–Trinajstić information content (AvgIpc) is 2.58. The molecule has 1 aromatic rings. The van der Waals surface area contributed by atoms with E-state index >= 15 is 0 Å². The minimum absolute atomic E-state index is 0.0963. The fraction of sp³-hybridized carbons (Fsp3) is 0.667. The molecule has 0 aliphatic rings. The Labute approximate surface area is 95.8 Å². The summed E-state index contributed by atoms with van der Waals surface area (Å²) in [5, 5.41) is 15.5. The van der Waals surface area contributed by atoms with Gasteiger partial charge in [-0.3, -0.25) is 0 Å². The third-order valence-electron chi connectivity index (χ3n) is 2.16. The number of ether oxygens (including phenoxy) is 1. The van der Waals surface area contributed by atoms with Gasteiger partial charge in [0.25, 0.3) is 0 Å². The van der Waals surface area contributed by atoms with Gasteiger partial charge in [-0.05, 0) is 6.92 Å². The summed E-state index contributed by atoms with van der Waals surface area (Å²) < 4.78 is 42.6. The smallest absolute Gasteiger partial charge is 0.375 e. The van der Waals surface area contributed by atoms with Crippen molar-refractivity contribution in [3.05, 3.63) is 11.4 Å². The second kappa shape index (κ2) is 5.14. The van der Waals surface area contributed by atoms with Gasteiger partial charge in [0, 0.05) is 7.11 Å². The second-order valence-electron chi connectivity index (χ2n) is 3.41. The summed E-state index contributed by atoms with van der Waals surface area (Å²) in [7, 11) is 1.37. The van der Waals surface area contributed by atoms with Gasteiger partial charge >= 0.3 is 6.18 Å². The van der Waals surface area contributed by atoms with Crippen molar-refractivity contribution in [3.8, 4) is 6.07 Å². The minimum Gasteiger partial charge on any atom is -0.375 e. The zero-order valence-corrected chi connectivity index (χ0v) is 9.32. The summed E-state index contributed by atoms with van der Waals surface area (Å²) >= 11 is 0. The Morgan fingerprint density at radius 2 is 2.18 bits per heavy atom. The van der Waals surface area contributed by atoms with Gasteiger partial charge < -0.3 is 4.74 Å². The zero-order valence-electron chi connectivity index (χ0n) is 9.32. The van der Waals surface area contributed by atoms with Crippen molar-refractivity contribution in [3.63, 3.8) is 0 Å². The van der Waals surface area contributed by atoms with E-state index in [2.05, 4.69) is 10.3 Å². The molecule has 1 heterocycles. The first-order chi connectivity index (χ1) is 7.89. The highest BCUT2D eigenvalue weighted by atomic mass is 19.4. The van der Waals surface area contributed by atoms with Crippen LogP contribution in [0.1, 0.15) is 24.4 Å². The van der Waals surface area contributed by atoms with Gasteiger partial charge in [0.05, 0.1) is 24.3 Å². The maximum atomic E-state index is 12.3. The van der Waals surface area contributed by atoms with Crippen molar-refractivity contribution in [1.29, 1.82) is 5.26 Å². The maximum Gasteiger partial charge on any atom is 0.408 e. The Kier molecular flexibility index (Phi) is 4.07. The van der Waals surface area contributed by atoms with Crippen LogP contribution in [0.4, 0.5) is 13.2 Å². The summed E-state index contributed by atoms with van der Waals surface area (Å²) in [6, 6.07) is 1.83. The molecule has 8 heteroatoms. The maximum absolute atomic E-state index is 12.3. The van der Waals surface area contributed by atoms with Crippen LogP contribution in [0, 0.1) is 11.3 Å². The molecule has 0 aliphatic carbocycles. The van der Waals surface area contributed by atoms with Crippen molar-refractivity contribution in [1.82, 2.24) is 15.0 Å². The number of nitriles is 1.